The number of hydrogen-bond donors (Lipinski definition) is 1. The quantitative estimate of drug-likeness (QED) is 0.311. The van der Waals surface area contributed by atoms with E-state index in [1.165, 1.54) is 24.3 Å². The number of nitrogens with one attached hydrogen (secondary N) is 1. The summed E-state index contributed by atoms with van der Waals surface area (Å²) in [6.45, 7) is 2.23. The summed E-state index contributed by atoms with van der Waals surface area (Å²) in [4.78, 5) is 10.4. The monoisotopic (exact) mass is 424 g/mol. The standard InChI is InChI=1S/C22H21N2O5P/c1-16-7-12-22-21(15-16)20(17-5-3-2-4-6-17)13-14-28-30(27,29-22)23-18-8-10-19(11-9-18)24(25)26/h2-12,15,20H,13-14H2,1H3,(H,23,27). The Balaban J connectivity index is 1.66. The molecular weight excluding hydrogens is 403 g/mol. The highest BCUT2D eigenvalue weighted by Gasteiger charge is 2.33. The molecule has 0 aliphatic carbocycles. The van der Waals surface area contributed by atoms with E-state index in [2.05, 4.69) is 23.3 Å². The van der Waals surface area contributed by atoms with E-state index >= 15 is 0 Å². The van der Waals surface area contributed by atoms with Gasteiger partial charge in [0.1, 0.15) is 5.75 Å². The maximum atomic E-state index is 13.4. The second kappa shape index (κ2) is 8.30. The minimum absolute atomic E-state index is 0.0502. The van der Waals surface area contributed by atoms with Crippen LogP contribution in [0.25, 0.3) is 0 Å². The molecule has 2 unspecified atom stereocenters. The molecule has 0 spiro atoms. The summed E-state index contributed by atoms with van der Waals surface area (Å²) in [6, 6.07) is 21.5. The largest absolute Gasteiger partial charge is 0.486 e. The summed E-state index contributed by atoms with van der Waals surface area (Å²) in [5.41, 5.74) is 3.53. The number of nitrogens with zero attached hydrogens (tertiary/aromatic N) is 1. The lowest BCUT2D eigenvalue weighted by atomic mass is 9.87. The van der Waals surface area contributed by atoms with Crippen molar-refractivity contribution in [2.24, 2.45) is 0 Å². The summed E-state index contributed by atoms with van der Waals surface area (Å²) in [5.74, 6) is 0.543. The van der Waals surface area contributed by atoms with Gasteiger partial charge in [-0.1, -0.05) is 48.0 Å². The molecule has 1 aliphatic heterocycles. The Bertz CT molecular complexity index is 1100. The molecule has 0 saturated carbocycles. The van der Waals surface area contributed by atoms with Crippen LogP contribution in [0.4, 0.5) is 11.4 Å². The van der Waals surface area contributed by atoms with E-state index in [0.29, 0.717) is 17.9 Å². The highest BCUT2D eigenvalue weighted by molar-refractivity contribution is 7.55. The van der Waals surface area contributed by atoms with Gasteiger partial charge in [0, 0.05) is 29.3 Å². The van der Waals surface area contributed by atoms with Crippen LogP contribution in [0.2, 0.25) is 0 Å². The zero-order chi connectivity index (χ0) is 21.1. The van der Waals surface area contributed by atoms with Crippen LogP contribution in [0.15, 0.2) is 72.8 Å². The molecule has 0 amide bonds. The van der Waals surface area contributed by atoms with Gasteiger partial charge in [-0.15, -0.1) is 0 Å². The number of hydrogen-bond acceptors (Lipinski definition) is 5. The van der Waals surface area contributed by atoms with Crippen molar-refractivity contribution < 1.29 is 18.5 Å². The summed E-state index contributed by atoms with van der Waals surface area (Å²) in [5, 5.41) is 13.6. The van der Waals surface area contributed by atoms with Crippen molar-refractivity contribution >= 4 is 19.1 Å². The molecule has 3 aromatic rings. The molecule has 0 fully saturated rings. The van der Waals surface area contributed by atoms with Crippen molar-refractivity contribution in [1.82, 2.24) is 0 Å². The Kier molecular flexibility index (Phi) is 5.57. The first-order valence-electron chi connectivity index (χ1n) is 9.56. The summed E-state index contributed by atoms with van der Waals surface area (Å²) in [7, 11) is -3.73. The molecule has 3 aromatic carbocycles. The second-order valence-corrected chi connectivity index (χ2v) is 8.79. The summed E-state index contributed by atoms with van der Waals surface area (Å²) < 4.78 is 25.0. The third kappa shape index (κ3) is 4.37. The minimum Gasteiger partial charge on any atom is -0.409 e. The molecule has 0 radical (unpaired) electrons. The number of nitro benzene ring substituents is 1. The Morgan fingerprint density at radius 3 is 2.50 bits per heavy atom. The van der Waals surface area contributed by atoms with Crippen LogP contribution in [0.1, 0.15) is 29.0 Å². The first kappa shape index (κ1) is 20.1. The van der Waals surface area contributed by atoms with E-state index in [4.69, 9.17) is 9.05 Å². The van der Waals surface area contributed by atoms with Crippen LogP contribution < -0.4 is 9.61 Å². The van der Waals surface area contributed by atoms with Gasteiger partial charge in [0.05, 0.1) is 11.5 Å². The number of fused-ring (bicyclic) bond motifs is 1. The molecule has 0 saturated heterocycles. The highest BCUT2D eigenvalue weighted by Crippen LogP contribution is 2.52. The Morgan fingerprint density at radius 2 is 1.80 bits per heavy atom. The van der Waals surface area contributed by atoms with Gasteiger partial charge in [0.15, 0.2) is 0 Å². The van der Waals surface area contributed by atoms with Crippen molar-refractivity contribution in [3.05, 3.63) is 99.6 Å². The van der Waals surface area contributed by atoms with Gasteiger partial charge < -0.3 is 4.52 Å². The van der Waals surface area contributed by atoms with Crippen LogP contribution in [0.5, 0.6) is 5.75 Å². The molecule has 1 heterocycles. The fourth-order valence-electron chi connectivity index (χ4n) is 3.53. The fourth-order valence-corrected chi connectivity index (χ4v) is 4.93. The van der Waals surface area contributed by atoms with Crippen molar-refractivity contribution in [3.8, 4) is 5.75 Å². The van der Waals surface area contributed by atoms with E-state index in [0.717, 1.165) is 16.7 Å². The van der Waals surface area contributed by atoms with Crippen LogP contribution in [-0.4, -0.2) is 11.5 Å². The van der Waals surface area contributed by atoms with Gasteiger partial charge in [0.2, 0.25) is 0 Å². The minimum atomic E-state index is -3.73. The van der Waals surface area contributed by atoms with Crippen molar-refractivity contribution in [2.45, 2.75) is 19.3 Å². The molecule has 0 bridgehead atoms. The van der Waals surface area contributed by atoms with Crippen LogP contribution in [0, 0.1) is 17.0 Å². The second-order valence-electron chi connectivity index (χ2n) is 7.13. The van der Waals surface area contributed by atoms with E-state index in [1.807, 2.05) is 31.2 Å². The predicted molar refractivity (Wildman–Crippen MR) is 115 cm³/mol. The van der Waals surface area contributed by atoms with Gasteiger partial charge in [-0.05, 0) is 37.1 Å². The number of non-ortho nitro benzene ring substituents is 1. The molecule has 4 rings (SSSR count). The molecule has 1 aliphatic rings. The first-order chi connectivity index (χ1) is 14.4. The number of anilines is 1. The van der Waals surface area contributed by atoms with Crippen molar-refractivity contribution in [2.75, 3.05) is 11.7 Å². The maximum Gasteiger partial charge on any atom is 0.486 e. The number of rotatable bonds is 4. The summed E-state index contributed by atoms with van der Waals surface area (Å²) in [6.07, 6.45) is 0.635. The van der Waals surface area contributed by atoms with Gasteiger partial charge >= 0.3 is 7.75 Å². The number of aryl methyl sites for hydroxylation is 1. The molecular formula is C22H21N2O5P. The maximum absolute atomic E-state index is 13.4. The lowest BCUT2D eigenvalue weighted by Crippen LogP contribution is -2.16. The van der Waals surface area contributed by atoms with Crippen molar-refractivity contribution in [3.63, 3.8) is 0 Å². The Hall–Kier alpha value is -3.15. The van der Waals surface area contributed by atoms with Gasteiger partial charge in [-0.3, -0.25) is 19.7 Å². The zero-order valence-electron chi connectivity index (χ0n) is 16.4. The van der Waals surface area contributed by atoms with E-state index < -0.39 is 12.7 Å². The average molecular weight is 424 g/mol. The van der Waals surface area contributed by atoms with Crippen LogP contribution in [0.3, 0.4) is 0 Å². The average Bonchev–Trinajstić information content (AvgIpc) is 2.73. The Labute approximate surface area is 174 Å². The molecule has 1 N–H and O–H groups in total. The molecule has 2 atom stereocenters. The van der Waals surface area contributed by atoms with Gasteiger partial charge in [-0.25, -0.2) is 4.57 Å². The number of nitro groups is 1. The Morgan fingerprint density at radius 1 is 1.07 bits per heavy atom. The third-order valence-corrected chi connectivity index (χ3v) is 6.46. The first-order valence-corrected chi connectivity index (χ1v) is 11.1. The predicted octanol–water partition coefficient (Wildman–Crippen LogP) is 6.05. The number of benzene rings is 3. The fraction of sp³-hybridized carbons (Fsp3) is 0.182. The molecule has 0 aromatic heterocycles. The van der Waals surface area contributed by atoms with E-state index in [-0.39, 0.29) is 18.2 Å². The normalized spacial score (nSPS) is 20.9. The van der Waals surface area contributed by atoms with Crippen LogP contribution >= 0.6 is 7.75 Å². The highest BCUT2D eigenvalue weighted by atomic mass is 31.2. The van der Waals surface area contributed by atoms with Gasteiger partial charge in [-0.2, -0.15) is 0 Å². The summed E-state index contributed by atoms with van der Waals surface area (Å²) >= 11 is 0. The van der Waals surface area contributed by atoms with Crippen LogP contribution in [-0.2, 0) is 9.09 Å². The van der Waals surface area contributed by atoms with Crippen molar-refractivity contribution in [1.29, 1.82) is 0 Å². The van der Waals surface area contributed by atoms with E-state index in [9.17, 15) is 14.7 Å². The van der Waals surface area contributed by atoms with Gasteiger partial charge in [0.25, 0.3) is 5.69 Å². The topological polar surface area (TPSA) is 90.7 Å². The lowest BCUT2D eigenvalue weighted by molar-refractivity contribution is -0.384. The third-order valence-electron chi connectivity index (χ3n) is 4.97. The van der Waals surface area contributed by atoms with E-state index in [1.54, 1.807) is 6.07 Å². The molecule has 7 nitrogen and oxygen atoms in total. The SMILES string of the molecule is Cc1ccc2c(c1)C(c1ccccc1)CCOP(=O)(Nc1ccc([N+](=O)[O-])cc1)O2. The molecule has 30 heavy (non-hydrogen) atoms. The molecule has 154 valence electrons. The smallest absolute Gasteiger partial charge is 0.409 e. The molecule has 8 heteroatoms. The zero-order valence-corrected chi connectivity index (χ0v) is 17.2. The lowest BCUT2D eigenvalue weighted by Gasteiger charge is -2.28.